The van der Waals surface area contributed by atoms with Gasteiger partial charge in [0.05, 0.1) is 10.8 Å². The van der Waals surface area contributed by atoms with Crippen LogP contribution in [0.15, 0.2) is 47.4 Å². The second-order valence-electron chi connectivity index (χ2n) is 5.26. The van der Waals surface area contributed by atoms with Gasteiger partial charge in [-0.2, -0.15) is 0 Å². The standard InChI is InChI=1S/C17H14F3NO4S/c18-10-8-12(19)15(13(20)9-10)16(22)21-14(17(23)24)6-7-26(25)11-4-2-1-3-5-11/h1-5,8-9,14H,6-7H2,(H,21,22)(H,23,24)/t14-,26-/m1/s1. The Balaban J connectivity index is 2.08. The van der Waals surface area contributed by atoms with Crippen molar-refractivity contribution in [2.75, 3.05) is 5.75 Å². The van der Waals surface area contributed by atoms with Crippen LogP contribution in [0.3, 0.4) is 0 Å². The first-order valence-corrected chi connectivity index (χ1v) is 8.73. The van der Waals surface area contributed by atoms with Crippen LogP contribution in [0, 0.1) is 17.5 Å². The summed E-state index contributed by atoms with van der Waals surface area (Å²) in [5.41, 5.74) is -1.08. The molecule has 2 atom stereocenters. The lowest BCUT2D eigenvalue weighted by Gasteiger charge is -2.15. The molecule has 2 aromatic carbocycles. The molecule has 2 N–H and O–H groups in total. The van der Waals surface area contributed by atoms with Gasteiger partial charge in [-0.05, 0) is 18.6 Å². The van der Waals surface area contributed by atoms with E-state index in [2.05, 4.69) is 0 Å². The summed E-state index contributed by atoms with van der Waals surface area (Å²) >= 11 is 0. The molecule has 2 aromatic rings. The van der Waals surface area contributed by atoms with Crippen molar-refractivity contribution in [3.05, 3.63) is 65.5 Å². The van der Waals surface area contributed by atoms with E-state index >= 15 is 0 Å². The highest BCUT2D eigenvalue weighted by Gasteiger charge is 2.25. The van der Waals surface area contributed by atoms with E-state index in [4.69, 9.17) is 0 Å². The summed E-state index contributed by atoms with van der Waals surface area (Å²) in [4.78, 5) is 23.7. The minimum absolute atomic E-state index is 0.0877. The first-order chi connectivity index (χ1) is 12.3. The molecule has 1 amide bonds. The van der Waals surface area contributed by atoms with Crippen LogP contribution < -0.4 is 5.32 Å². The fourth-order valence-corrected chi connectivity index (χ4v) is 3.31. The largest absolute Gasteiger partial charge is 0.480 e. The fraction of sp³-hybridized carbons (Fsp3) is 0.176. The molecule has 138 valence electrons. The molecule has 0 aliphatic carbocycles. The Labute approximate surface area is 149 Å². The maximum Gasteiger partial charge on any atom is 0.326 e. The van der Waals surface area contributed by atoms with E-state index in [1.54, 1.807) is 30.3 Å². The van der Waals surface area contributed by atoms with Gasteiger partial charge < -0.3 is 10.4 Å². The van der Waals surface area contributed by atoms with Gasteiger partial charge in [0.2, 0.25) is 0 Å². The first kappa shape index (κ1) is 19.6. The molecule has 0 aliphatic rings. The number of carbonyl (C=O) groups is 2. The highest BCUT2D eigenvalue weighted by molar-refractivity contribution is 7.85. The third-order valence-electron chi connectivity index (χ3n) is 3.44. The van der Waals surface area contributed by atoms with Crippen LogP contribution in [0.2, 0.25) is 0 Å². The Morgan fingerprint density at radius 3 is 2.19 bits per heavy atom. The molecule has 0 heterocycles. The van der Waals surface area contributed by atoms with Crippen LogP contribution in [0.25, 0.3) is 0 Å². The van der Waals surface area contributed by atoms with Gasteiger partial charge in [0, 0.05) is 22.8 Å². The number of carbonyl (C=O) groups excluding carboxylic acids is 1. The van der Waals surface area contributed by atoms with E-state index in [1.807, 2.05) is 5.32 Å². The summed E-state index contributed by atoms with van der Waals surface area (Å²) in [5, 5.41) is 11.1. The zero-order valence-corrected chi connectivity index (χ0v) is 14.1. The Kier molecular flexibility index (Phi) is 6.51. The summed E-state index contributed by atoms with van der Waals surface area (Å²) in [7, 11) is -1.50. The van der Waals surface area contributed by atoms with E-state index in [-0.39, 0.29) is 12.2 Å². The molecular weight excluding hydrogens is 371 g/mol. The molecule has 0 fully saturated rings. The van der Waals surface area contributed by atoms with Gasteiger partial charge in [-0.3, -0.25) is 9.00 Å². The number of nitrogens with one attached hydrogen (secondary N) is 1. The Bertz CT molecular complexity index is 822. The van der Waals surface area contributed by atoms with Crippen molar-refractivity contribution in [1.82, 2.24) is 5.32 Å². The van der Waals surface area contributed by atoms with Crippen LogP contribution in [0.1, 0.15) is 16.8 Å². The van der Waals surface area contributed by atoms with Crippen LogP contribution in [-0.4, -0.2) is 33.0 Å². The summed E-state index contributed by atoms with van der Waals surface area (Å²) in [6.07, 6.45) is -0.229. The zero-order valence-electron chi connectivity index (χ0n) is 13.2. The normalized spacial score (nSPS) is 13.0. The Morgan fingerprint density at radius 1 is 1.08 bits per heavy atom. The Hall–Kier alpha value is -2.68. The lowest BCUT2D eigenvalue weighted by molar-refractivity contribution is -0.139. The van der Waals surface area contributed by atoms with Gasteiger partial charge in [0.15, 0.2) is 0 Å². The summed E-state index contributed by atoms with van der Waals surface area (Å²) in [6, 6.07) is 7.40. The number of carboxylic acids is 1. The lowest BCUT2D eigenvalue weighted by atomic mass is 10.1. The van der Waals surface area contributed by atoms with Gasteiger partial charge in [-0.15, -0.1) is 0 Å². The minimum Gasteiger partial charge on any atom is -0.480 e. The molecule has 0 saturated carbocycles. The van der Waals surface area contributed by atoms with Gasteiger partial charge in [-0.1, -0.05) is 18.2 Å². The highest BCUT2D eigenvalue weighted by atomic mass is 32.2. The van der Waals surface area contributed by atoms with Crippen LogP contribution in [-0.2, 0) is 15.6 Å². The molecule has 0 aromatic heterocycles. The topological polar surface area (TPSA) is 83.5 Å². The maximum absolute atomic E-state index is 13.6. The van der Waals surface area contributed by atoms with Crippen molar-refractivity contribution < 1.29 is 32.1 Å². The number of carboxylic acid groups (broad SMARTS) is 1. The number of benzene rings is 2. The van der Waals surface area contributed by atoms with Crippen molar-refractivity contribution in [2.45, 2.75) is 17.4 Å². The van der Waals surface area contributed by atoms with Crippen LogP contribution in [0.4, 0.5) is 13.2 Å². The van der Waals surface area contributed by atoms with E-state index in [9.17, 15) is 32.1 Å². The van der Waals surface area contributed by atoms with Gasteiger partial charge in [-0.25, -0.2) is 18.0 Å². The fourth-order valence-electron chi connectivity index (χ4n) is 2.16. The molecule has 0 radical (unpaired) electrons. The number of hydrogen-bond donors (Lipinski definition) is 2. The van der Waals surface area contributed by atoms with E-state index in [1.165, 1.54) is 0 Å². The quantitative estimate of drug-likeness (QED) is 0.767. The molecule has 0 aliphatic heterocycles. The molecular formula is C17H14F3NO4S. The zero-order chi connectivity index (χ0) is 19.3. The lowest BCUT2D eigenvalue weighted by Crippen LogP contribution is -2.42. The van der Waals surface area contributed by atoms with E-state index < -0.39 is 51.7 Å². The molecule has 2 rings (SSSR count). The molecule has 0 spiro atoms. The number of hydrogen-bond acceptors (Lipinski definition) is 3. The van der Waals surface area contributed by atoms with Crippen molar-refractivity contribution in [3.63, 3.8) is 0 Å². The average molecular weight is 385 g/mol. The second-order valence-corrected chi connectivity index (χ2v) is 6.83. The summed E-state index contributed by atoms with van der Waals surface area (Å²) in [5.74, 6) is -6.97. The van der Waals surface area contributed by atoms with Gasteiger partial charge in [0.25, 0.3) is 5.91 Å². The molecule has 0 bridgehead atoms. The Morgan fingerprint density at radius 2 is 1.65 bits per heavy atom. The van der Waals surface area contributed by atoms with Crippen molar-refractivity contribution in [2.24, 2.45) is 0 Å². The maximum atomic E-state index is 13.6. The molecule has 0 unspecified atom stereocenters. The summed E-state index contributed by atoms with van der Waals surface area (Å²) < 4.78 is 52.2. The monoisotopic (exact) mass is 385 g/mol. The number of halogens is 3. The highest BCUT2D eigenvalue weighted by Crippen LogP contribution is 2.15. The predicted molar refractivity (Wildman–Crippen MR) is 87.5 cm³/mol. The van der Waals surface area contributed by atoms with Gasteiger partial charge >= 0.3 is 5.97 Å². The van der Waals surface area contributed by atoms with E-state index in [0.29, 0.717) is 17.0 Å². The van der Waals surface area contributed by atoms with Crippen molar-refractivity contribution in [3.8, 4) is 0 Å². The number of rotatable bonds is 7. The summed E-state index contributed by atoms with van der Waals surface area (Å²) in [6.45, 7) is 0. The number of amides is 1. The smallest absolute Gasteiger partial charge is 0.326 e. The molecule has 5 nitrogen and oxygen atoms in total. The number of aliphatic carboxylic acids is 1. The molecule has 9 heteroatoms. The SMILES string of the molecule is O=C(N[C@H](CC[S@@](=O)c1ccccc1)C(=O)O)c1c(F)cc(F)cc1F. The minimum atomic E-state index is -1.51. The second kappa shape index (κ2) is 8.61. The molecule has 0 saturated heterocycles. The van der Waals surface area contributed by atoms with Crippen molar-refractivity contribution >= 4 is 22.7 Å². The third kappa shape index (κ3) is 4.92. The predicted octanol–water partition coefficient (Wildman–Crippen LogP) is 2.48. The first-order valence-electron chi connectivity index (χ1n) is 7.41. The van der Waals surface area contributed by atoms with Crippen LogP contribution >= 0.6 is 0 Å². The average Bonchev–Trinajstić information content (AvgIpc) is 2.57. The molecule has 26 heavy (non-hydrogen) atoms. The van der Waals surface area contributed by atoms with Crippen molar-refractivity contribution in [1.29, 1.82) is 0 Å². The van der Waals surface area contributed by atoms with E-state index in [0.717, 1.165) is 0 Å². The van der Waals surface area contributed by atoms with Gasteiger partial charge in [0.1, 0.15) is 29.1 Å². The van der Waals surface area contributed by atoms with Crippen LogP contribution in [0.5, 0.6) is 0 Å². The third-order valence-corrected chi connectivity index (χ3v) is 4.84.